The molecule has 0 bridgehead atoms. The first-order chi connectivity index (χ1) is 18.4. The largest absolute Gasteiger partial charge is 0.490 e. The maximum Gasteiger partial charge on any atom is 0.350 e. The third-order valence-corrected chi connectivity index (χ3v) is 7.94. The van der Waals surface area contributed by atoms with Crippen molar-refractivity contribution >= 4 is 11.6 Å². The predicted molar refractivity (Wildman–Crippen MR) is 144 cm³/mol. The van der Waals surface area contributed by atoms with Crippen LogP contribution in [0.15, 0.2) is 35.1 Å². The summed E-state index contributed by atoms with van der Waals surface area (Å²) in [6.45, 7) is 4.70. The summed E-state index contributed by atoms with van der Waals surface area (Å²) in [5.74, 6) is 0.0131. The summed E-state index contributed by atoms with van der Waals surface area (Å²) in [6.07, 6.45) is 7.92. The van der Waals surface area contributed by atoms with Gasteiger partial charge in [0.05, 0.1) is 11.7 Å². The lowest BCUT2D eigenvalue weighted by Crippen LogP contribution is -2.28. The van der Waals surface area contributed by atoms with Gasteiger partial charge in [0.1, 0.15) is 23.1 Å². The summed E-state index contributed by atoms with van der Waals surface area (Å²) in [4.78, 5) is 26.6. The molecule has 0 unspecified atom stereocenters. The fourth-order valence-corrected chi connectivity index (χ4v) is 5.69. The van der Waals surface area contributed by atoms with Crippen molar-refractivity contribution in [2.75, 3.05) is 5.32 Å². The number of amides is 1. The number of carbonyl (C=O) groups is 1. The van der Waals surface area contributed by atoms with Crippen LogP contribution >= 0.6 is 0 Å². The van der Waals surface area contributed by atoms with E-state index in [1.54, 1.807) is 4.57 Å². The summed E-state index contributed by atoms with van der Waals surface area (Å²) >= 11 is 0. The first kappa shape index (κ1) is 26.2. The molecule has 1 atom stereocenters. The van der Waals surface area contributed by atoms with Gasteiger partial charge in [0.25, 0.3) is 5.91 Å². The average molecular weight is 522 g/mol. The minimum absolute atomic E-state index is 0.0159. The van der Waals surface area contributed by atoms with E-state index >= 15 is 4.39 Å². The lowest BCUT2D eigenvalue weighted by molar-refractivity contribution is 0.0997. The second-order valence-corrected chi connectivity index (χ2v) is 10.5. The molecular weight excluding hydrogens is 485 g/mol. The van der Waals surface area contributed by atoms with Gasteiger partial charge < -0.3 is 15.8 Å². The molecule has 38 heavy (non-hydrogen) atoms. The topological polar surface area (TPSA) is 104 Å². The third-order valence-electron chi connectivity index (χ3n) is 7.94. The van der Waals surface area contributed by atoms with Gasteiger partial charge in [-0.05, 0) is 62.6 Å². The van der Waals surface area contributed by atoms with Crippen LogP contribution in [0.2, 0.25) is 0 Å². The first-order valence-corrected chi connectivity index (χ1v) is 13.7. The van der Waals surface area contributed by atoms with Gasteiger partial charge in [-0.3, -0.25) is 9.36 Å². The Balaban J connectivity index is 1.55. The molecule has 0 radical (unpaired) electrons. The van der Waals surface area contributed by atoms with Crippen molar-refractivity contribution in [2.45, 2.75) is 84.4 Å². The summed E-state index contributed by atoms with van der Waals surface area (Å²) in [5.41, 5.74) is 7.81. The average Bonchev–Trinajstić information content (AvgIpc) is 3.27. The number of aryl methyl sites for hydroxylation is 2. The number of nitrogens with one attached hydrogen (secondary N) is 1. The molecule has 2 aliphatic rings. The zero-order chi connectivity index (χ0) is 26.8. The van der Waals surface area contributed by atoms with Gasteiger partial charge in [0.2, 0.25) is 0 Å². The molecule has 1 aliphatic heterocycles. The Morgan fingerprint density at radius 1 is 1.21 bits per heavy atom. The SMILES string of the molecule is Cc1cccc(CN)c1NC(=O)c1cc(F)c(-n2nc3n(c2=O)CCCC3)cc1O[C@@H](C)C1CCCCC1. The van der Waals surface area contributed by atoms with Crippen LogP contribution in [0.4, 0.5) is 10.1 Å². The molecule has 1 aliphatic carbocycles. The van der Waals surface area contributed by atoms with E-state index in [4.69, 9.17) is 10.5 Å². The number of fused-ring (bicyclic) bond motifs is 1. The molecule has 1 amide bonds. The Morgan fingerprint density at radius 3 is 2.74 bits per heavy atom. The van der Waals surface area contributed by atoms with Crippen LogP contribution in [0.3, 0.4) is 0 Å². The Bertz CT molecular complexity index is 1390. The number of nitrogens with zero attached hydrogens (tertiary/aromatic N) is 3. The number of rotatable bonds is 7. The highest BCUT2D eigenvalue weighted by atomic mass is 19.1. The number of hydrogen-bond donors (Lipinski definition) is 2. The number of nitrogens with two attached hydrogens (primary N) is 1. The number of para-hydroxylation sites is 1. The second-order valence-electron chi connectivity index (χ2n) is 10.5. The van der Waals surface area contributed by atoms with E-state index in [-0.39, 0.29) is 35.3 Å². The number of halogens is 1. The number of carbonyl (C=O) groups excluding carboxylic acids is 1. The summed E-state index contributed by atoms with van der Waals surface area (Å²) in [6, 6.07) is 8.21. The van der Waals surface area contributed by atoms with Crippen LogP contribution in [0, 0.1) is 18.7 Å². The summed E-state index contributed by atoms with van der Waals surface area (Å²) in [7, 11) is 0. The Hall–Kier alpha value is -3.46. The fraction of sp³-hybridized carbons (Fsp3) is 0.483. The smallest absolute Gasteiger partial charge is 0.350 e. The Kier molecular flexibility index (Phi) is 7.65. The van der Waals surface area contributed by atoms with Crippen LogP contribution in [0.1, 0.15) is 79.2 Å². The van der Waals surface area contributed by atoms with Crippen molar-refractivity contribution in [3.8, 4) is 11.4 Å². The highest BCUT2D eigenvalue weighted by Gasteiger charge is 2.27. The molecular formula is C29H36FN5O3. The minimum atomic E-state index is -0.714. The van der Waals surface area contributed by atoms with E-state index in [2.05, 4.69) is 10.4 Å². The Labute approximate surface area is 222 Å². The lowest BCUT2D eigenvalue weighted by Gasteiger charge is -2.29. The van der Waals surface area contributed by atoms with Gasteiger partial charge in [-0.15, -0.1) is 5.10 Å². The number of ether oxygens (including phenoxy) is 1. The van der Waals surface area contributed by atoms with Crippen LogP contribution in [0.5, 0.6) is 5.75 Å². The van der Waals surface area contributed by atoms with Crippen LogP contribution in [0.25, 0.3) is 5.69 Å². The molecule has 1 saturated carbocycles. The van der Waals surface area contributed by atoms with E-state index in [1.165, 1.54) is 12.5 Å². The number of hydrogen-bond acceptors (Lipinski definition) is 5. The molecule has 8 nitrogen and oxygen atoms in total. The number of benzene rings is 2. The maximum atomic E-state index is 15.6. The summed E-state index contributed by atoms with van der Waals surface area (Å²) < 4.78 is 24.7. The van der Waals surface area contributed by atoms with Crippen molar-refractivity contribution in [3.63, 3.8) is 0 Å². The fourth-order valence-electron chi connectivity index (χ4n) is 5.69. The van der Waals surface area contributed by atoms with Crippen LogP contribution in [-0.2, 0) is 19.5 Å². The van der Waals surface area contributed by atoms with E-state index in [1.807, 2.05) is 32.0 Å². The molecule has 3 aromatic rings. The molecule has 3 N–H and O–H groups in total. The van der Waals surface area contributed by atoms with Gasteiger partial charge >= 0.3 is 5.69 Å². The Morgan fingerprint density at radius 2 is 2.00 bits per heavy atom. The van der Waals surface area contributed by atoms with E-state index < -0.39 is 11.7 Å². The molecule has 2 aromatic carbocycles. The maximum absolute atomic E-state index is 15.6. The zero-order valence-electron chi connectivity index (χ0n) is 22.1. The van der Waals surface area contributed by atoms with Gasteiger partial charge in [-0.25, -0.2) is 9.18 Å². The lowest BCUT2D eigenvalue weighted by atomic mass is 9.86. The van der Waals surface area contributed by atoms with Crippen LogP contribution < -0.4 is 21.5 Å². The van der Waals surface area contributed by atoms with Crippen molar-refractivity contribution in [3.05, 3.63) is 69.1 Å². The molecule has 1 fully saturated rings. The van der Waals surface area contributed by atoms with Crippen molar-refractivity contribution < 1.29 is 13.9 Å². The molecule has 1 aromatic heterocycles. The van der Waals surface area contributed by atoms with Gasteiger partial charge in [0.15, 0.2) is 0 Å². The number of aromatic nitrogens is 3. The molecule has 202 valence electrons. The second kappa shape index (κ2) is 11.1. The van der Waals surface area contributed by atoms with Gasteiger partial charge in [0, 0.05) is 31.3 Å². The third kappa shape index (κ3) is 5.12. The van der Waals surface area contributed by atoms with E-state index in [0.717, 1.165) is 60.4 Å². The highest BCUT2D eigenvalue weighted by molar-refractivity contribution is 6.07. The quantitative estimate of drug-likeness (QED) is 0.461. The highest BCUT2D eigenvalue weighted by Crippen LogP contribution is 2.33. The summed E-state index contributed by atoms with van der Waals surface area (Å²) in [5, 5.41) is 7.35. The van der Waals surface area contributed by atoms with Crippen molar-refractivity contribution in [1.82, 2.24) is 14.3 Å². The van der Waals surface area contributed by atoms with Crippen molar-refractivity contribution in [2.24, 2.45) is 11.7 Å². The predicted octanol–water partition coefficient (Wildman–Crippen LogP) is 4.88. The zero-order valence-corrected chi connectivity index (χ0v) is 22.1. The first-order valence-electron chi connectivity index (χ1n) is 13.7. The molecule has 0 saturated heterocycles. The molecule has 0 spiro atoms. The minimum Gasteiger partial charge on any atom is -0.490 e. The number of anilines is 1. The van der Waals surface area contributed by atoms with Gasteiger partial charge in [-0.2, -0.15) is 4.68 Å². The van der Waals surface area contributed by atoms with E-state index in [9.17, 15) is 9.59 Å². The molecule has 9 heteroatoms. The van der Waals surface area contributed by atoms with Gasteiger partial charge in [-0.1, -0.05) is 37.5 Å². The molecule has 5 rings (SSSR count). The van der Waals surface area contributed by atoms with Crippen LogP contribution in [-0.4, -0.2) is 26.4 Å². The van der Waals surface area contributed by atoms with E-state index in [0.29, 0.717) is 30.4 Å². The standard InChI is InChI=1S/C29H36FN5O3/c1-18-9-8-12-21(17-31)27(18)32-28(36)22-15-23(30)24(35-29(37)34-14-7-6-13-26(34)33-35)16-25(22)38-19(2)20-10-4-3-5-11-20/h8-9,12,15-16,19-20H,3-7,10-11,13-14,17,31H2,1-2H3,(H,32,36)/t19-/m0/s1. The van der Waals surface area contributed by atoms with Crippen molar-refractivity contribution in [1.29, 1.82) is 0 Å². The monoisotopic (exact) mass is 521 g/mol. The molecule has 2 heterocycles. The normalized spacial score (nSPS) is 16.6.